The number of hydrogen-bond donors (Lipinski definition) is 1. The van der Waals surface area contributed by atoms with Crippen LogP contribution in [0.5, 0.6) is 5.75 Å². The molecule has 0 fully saturated rings. The van der Waals surface area contributed by atoms with Gasteiger partial charge in [-0.15, -0.1) is 0 Å². The van der Waals surface area contributed by atoms with Crippen LogP contribution in [0.3, 0.4) is 0 Å². The zero-order valence-corrected chi connectivity index (χ0v) is 16.3. The number of rotatable bonds is 9. The van der Waals surface area contributed by atoms with Crippen molar-refractivity contribution >= 4 is 11.6 Å². The molecule has 1 atom stereocenters. The molecule has 4 heteroatoms. The summed E-state index contributed by atoms with van der Waals surface area (Å²) in [4.78, 5) is 14.6. The molecule has 26 heavy (non-hydrogen) atoms. The summed E-state index contributed by atoms with van der Waals surface area (Å²) in [6.45, 7) is 7.61. The van der Waals surface area contributed by atoms with Crippen molar-refractivity contribution in [1.82, 2.24) is 5.32 Å². The second-order valence-corrected chi connectivity index (χ2v) is 6.66. The number of carbonyl (C=O) groups is 1. The van der Waals surface area contributed by atoms with Gasteiger partial charge in [-0.3, -0.25) is 4.79 Å². The molecule has 0 heterocycles. The molecule has 0 bridgehead atoms. The molecule has 0 aromatic heterocycles. The number of nitrogens with zero attached hydrogens (tertiary/aromatic N) is 1. The Kier molecular flexibility index (Phi) is 7.52. The van der Waals surface area contributed by atoms with E-state index < -0.39 is 6.10 Å². The van der Waals surface area contributed by atoms with Crippen molar-refractivity contribution in [3.05, 3.63) is 59.7 Å². The Morgan fingerprint density at radius 2 is 1.85 bits per heavy atom. The zero-order chi connectivity index (χ0) is 18.9. The van der Waals surface area contributed by atoms with Crippen molar-refractivity contribution in [3.8, 4) is 5.75 Å². The van der Waals surface area contributed by atoms with Gasteiger partial charge >= 0.3 is 0 Å². The third-order valence-corrected chi connectivity index (χ3v) is 4.59. The number of para-hydroxylation sites is 1. The van der Waals surface area contributed by atoms with Crippen LogP contribution in [0.1, 0.15) is 30.9 Å². The number of amides is 1. The summed E-state index contributed by atoms with van der Waals surface area (Å²) >= 11 is 0. The molecule has 4 nitrogen and oxygen atoms in total. The fraction of sp³-hybridized carbons (Fsp3) is 0.409. The highest BCUT2D eigenvalue weighted by Gasteiger charge is 2.18. The highest BCUT2D eigenvalue weighted by atomic mass is 16.5. The van der Waals surface area contributed by atoms with Crippen molar-refractivity contribution in [1.29, 1.82) is 0 Å². The Bertz CT molecular complexity index is 701. The Labute approximate surface area is 157 Å². The molecule has 0 saturated heterocycles. The Balaban J connectivity index is 1.77. The maximum atomic E-state index is 12.4. The zero-order valence-electron chi connectivity index (χ0n) is 16.3. The molecule has 0 unspecified atom stereocenters. The highest BCUT2D eigenvalue weighted by Crippen LogP contribution is 2.18. The Morgan fingerprint density at radius 3 is 2.50 bits per heavy atom. The number of carbonyl (C=O) groups excluding carboxylic acids is 1. The monoisotopic (exact) mass is 354 g/mol. The van der Waals surface area contributed by atoms with Crippen LogP contribution in [0.2, 0.25) is 0 Å². The van der Waals surface area contributed by atoms with Gasteiger partial charge in [-0.2, -0.15) is 0 Å². The highest BCUT2D eigenvalue weighted by molar-refractivity contribution is 5.81. The number of ether oxygens (including phenoxy) is 1. The smallest absolute Gasteiger partial charge is 0.261 e. The quantitative estimate of drug-likeness (QED) is 0.689. The van der Waals surface area contributed by atoms with E-state index in [1.807, 2.05) is 50.2 Å². The SMILES string of the molecule is CC[C@H](Oc1ccc(C)c(C)c1)C(=O)NCCCN(C)c1ccccc1. The van der Waals surface area contributed by atoms with Crippen LogP contribution in [0.4, 0.5) is 5.69 Å². The maximum Gasteiger partial charge on any atom is 0.261 e. The van der Waals surface area contributed by atoms with Gasteiger partial charge in [0.05, 0.1) is 0 Å². The number of nitrogens with one attached hydrogen (secondary N) is 1. The molecule has 140 valence electrons. The van der Waals surface area contributed by atoms with Gasteiger partial charge < -0.3 is 15.0 Å². The first-order valence-corrected chi connectivity index (χ1v) is 9.29. The van der Waals surface area contributed by atoms with Gasteiger partial charge in [0.25, 0.3) is 5.91 Å². The predicted molar refractivity (Wildman–Crippen MR) is 108 cm³/mol. The fourth-order valence-corrected chi connectivity index (χ4v) is 2.73. The summed E-state index contributed by atoms with van der Waals surface area (Å²) in [5.74, 6) is 0.701. The lowest BCUT2D eigenvalue weighted by molar-refractivity contribution is -0.128. The van der Waals surface area contributed by atoms with Crippen LogP contribution in [-0.4, -0.2) is 32.1 Å². The fourth-order valence-electron chi connectivity index (χ4n) is 2.73. The van der Waals surface area contributed by atoms with E-state index in [4.69, 9.17) is 4.74 Å². The average Bonchev–Trinajstić information content (AvgIpc) is 2.66. The number of hydrogen-bond acceptors (Lipinski definition) is 3. The second kappa shape index (κ2) is 9.85. The topological polar surface area (TPSA) is 41.6 Å². The van der Waals surface area contributed by atoms with Gasteiger partial charge in [0.15, 0.2) is 6.10 Å². The van der Waals surface area contributed by atoms with E-state index >= 15 is 0 Å². The molecular weight excluding hydrogens is 324 g/mol. The van der Waals surface area contributed by atoms with Crippen LogP contribution in [-0.2, 0) is 4.79 Å². The number of benzene rings is 2. The average molecular weight is 354 g/mol. The summed E-state index contributed by atoms with van der Waals surface area (Å²) in [5.41, 5.74) is 3.57. The third kappa shape index (κ3) is 5.80. The van der Waals surface area contributed by atoms with Gasteiger partial charge in [-0.25, -0.2) is 0 Å². The van der Waals surface area contributed by atoms with Crippen molar-refractivity contribution in [3.63, 3.8) is 0 Å². The van der Waals surface area contributed by atoms with E-state index in [9.17, 15) is 4.79 Å². The summed E-state index contributed by atoms with van der Waals surface area (Å²) in [6.07, 6.45) is 1.07. The standard InChI is InChI=1S/C22H30N2O2/c1-5-21(26-20-13-12-17(2)18(3)16-20)22(25)23-14-9-15-24(4)19-10-7-6-8-11-19/h6-8,10-13,16,21H,5,9,14-15H2,1-4H3,(H,23,25)/t21-/m0/s1. The van der Waals surface area contributed by atoms with Crippen molar-refractivity contribution < 1.29 is 9.53 Å². The Morgan fingerprint density at radius 1 is 1.12 bits per heavy atom. The van der Waals surface area contributed by atoms with Gasteiger partial charge in [0.1, 0.15) is 5.75 Å². The van der Waals surface area contributed by atoms with E-state index in [2.05, 4.69) is 36.3 Å². The molecule has 2 rings (SSSR count). The normalized spacial score (nSPS) is 11.7. The van der Waals surface area contributed by atoms with Gasteiger partial charge in [-0.1, -0.05) is 31.2 Å². The molecule has 0 aliphatic heterocycles. The van der Waals surface area contributed by atoms with Crippen LogP contribution in [0.25, 0.3) is 0 Å². The Hall–Kier alpha value is -2.49. The molecule has 0 radical (unpaired) electrons. The molecule has 2 aromatic rings. The molecule has 0 aliphatic rings. The molecule has 1 amide bonds. The predicted octanol–water partition coefficient (Wildman–Crippen LogP) is 4.10. The van der Waals surface area contributed by atoms with E-state index in [0.29, 0.717) is 13.0 Å². The van der Waals surface area contributed by atoms with Crippen molar-refractivity contribution in [2.24, 2.45) is 0 Å². The number of aryl methyl sites for hydroxylation is 2. The minimum Gasteiger partial charge on any atom is -0.481 e. The molecule has 2 aromatic carbocycles. The van der Waals surface area contributed by atoms with Crippen LogP contribution in [0, 0.1) is 13.8 Å². The summed E-state index contributed by atoms with van der Waals surface area (Å²) in [7, 11) is 2.06. The first-order chi connectivity index (χ1) is 12.5. The molecule has 1 N–H and O–H groups in total. The lowest BCUT2D eigenvalue weighted by Crippen LogP contribution is -2.39. The van der Waals surface area contributed by atoms with Crippen LogP contribution < -0.4 is 15.0 Å². The van der Waals surface area contributed by atoms with Crippen LogP contribution >= 0.6 is 0 Å². The largest absolute Gasteiger partial charge is 0.481 e. The summed E-state index contributed by atoms with van der Waals surface area (Å²) in [5, 5.41) is 3.00. The lowest BCUT2D eigenvalue weighted by atomic mass is 10.1. The summed E-state index contributed by atoms with van der Waals surface area (Å²) in [6, 6.07) is 16.2. The van der Waals surface area contributed by atoms with E-state index in [1.165, 1.54) is 16.8 Å². The maximum absolute atomic E-state index is 12.4. The second-order valence-electron chi connectivity index (χ2n) is 6.66. The van der Waals surface area contributed by atoms with Crippen molar-refractivity contribution in [2.45, 2.75) is 39.7 Å². The minimum atomic E-state index is -0.455. The van der Waals surface area contributed by atoms with Crippen molar-refractivity contribution in [2.75, 3.05) is 25.0 Å². The molecule has 0 aliphatic carbocycles. The van der Waals surface area contributed by atoms with E-state index in [1.54, 1.807) is 0 Å². The van der Waals surface area contributed by atoms with Gasteiger partial charge in [-0.05, 0) is 62.1 Å². The third-order valence-electron chi connectivity index (χ3n) is 4.59. The van der Waals surface area contributed by atoms with Crippen LogP contribution in [0.15, 0.2) is 48.5 Å². The molecule has 0 spiro atoms. The first kappa shape index (κ1) is 19.8. The molecule has 0 saturated carbocycles. The van der Waals surface area contributed by atoms with Gasteiger partial charge in [0.2, 0.25) is 0 Å². The van der Waals surface area contributed by atoms with Gasteiger partial charge in [0, 0.05) is 25.8 Å². The minimum absolute atomic E-state index is 0.0481. The molecular formula is C22H30N2O2. The van der Waals surface area contributed by atoms with E-state index in [0.717, 1.165) is 18.7 Å². The first-order valence-electron chi connectivity index (χ1n) is 9.29. The van der Waals surface area contributed by atoms with E-state index in [-0.39, 0.29) is 5.91 Å². The lowest BCUT2D eigenvalue weighted by Gasteiger charge is -2.20. The number of anilines is 1. The summed E-state index contributed by atoms with van der Waals surface area (Å²) < 4.78 is 5.89.